The van der Waals surface area contributed by atoms with Crippen molar-refractivity contribution in [1.29, 1.82) is 5.26 Å². The molecule has 2 aromatic heterocycles. The van der Waals surface area contributed by atoms with Crippen molar-refractivity contribution in [1.82, 2.24) is 9.38 Å². The van der Waals surface area contributed by atoms with Crippen molar-refractivity contribution in [2.45, 2.75) is 20.3 Å². The van der Waals surface area contributed by atoms with Crippen molar-refractivity contribution in [3.05, 3.63) is 68.1 Å². The van der Waals surface area contributed by atoms with E-state index in [1.165, 1.54) is 21.8 Å². The van der Waals surface area contributed by atoms with E-state index < -0.39 is 5.97 Å². The molecule has 0 spiro atoms. The van der Waals surface area contributed by atoms with E-state index in [0.29, 0.717) is 27.5 Å². The third-order valence-electron chi connectivity index (χ3n) is 3.65. The monoisotopic (exact) mass is 353 g/mol. The zero-order chi connectivity index (χ0) is 18.0. The lowest BCUT2D eigenvalue weighted by molar-refractivity contribution is 0.0517. The van der Waals surface area contributed by atoms with E-state index in [4.69, 9.17) is 10.00 Å². The summed E-state index contributed by atoms with van der Waals surface area (Å²) in [5.74, 6) is -0.523. The van der Waals surface area contributed by atoms with Gasteiger partial charge in [-0.15, -0.1) is 11.3 Å². The lowest BCUT2D eigenvalue weighted by Gasteiger charge is -2.04. The Morgan fingerprint density at radius 2 is 2.20 bits per heavy atom. The highest BCUT2D eigenvalue weighted by atomic mass is 32.1. The van der Waals surface area contributed by atoms with Gasteiger partial charge in [0.1, 0.15) is 5.69 Å². The van der Waals surface area contributed by atoms with Gasteiger partial charge >= 0.3 is 5.97 Å². The van der Waals surface area contributed by atoms with Crippen LogP contribution in [-0.2, 0) is 11.2 Å². The maximum atomic E-state index is 12.5. The van der Waals surface area contributed by atoms with Gasteiger partial charge < -0.3 is 4.74 Å². The van der Waals surface area contributed by atoms with Gasteiger partial charge in [-0.1, -0.05) is 12.1 Å². The van der Waals surface area contributed by atoms with Crippen LogP contribution in [0, 0.1) is 18.3 Å². The fourth-order valence-electron chi connectivity index (χ4n) is 2.61. The number of ether oxygens (including phenoxy) is 1. The van der Waals surface area contributed by atoms with E-state index >= 15 is 0 Å². The number of aryl methyl sites for hydroxylation is 1. The summed E-state index contributed by atoms with van der Waals surface area (Å²) in [6.45, 7) is 3.72. The zero-order valence-electron chi connectivity index (χ0n) is 13.8. The molecule has 0 radical (unpaired) electrons. The number of fused-ring (bicyclic) bond motifs is 1. The van der Waals surface area contributed by atoms with Crippen LogP contribution in [-0.4, -0.2) is 22.0 Å². The molecule has 3 rings (SSSR count). The van der Waals surface area contributed by atoms with Gasteiger partial charge in [-0.25, -0.2) is 14.2 Å². The molecule has 2 heterocycles. The number of nitriles is 1. The van der Waals surface area contributed by atoms with Crippen molar-refractivity contribution in [2.24, 2.45) is 0 Å². The Bertz CT molecular complexity index is 1060. The molecule has 0 atom stereocenters. The van der Waals surface area contributed by atoms with Gasteiger partial charge in [-0.05, 0) is 31.5 Å². The summed E-state index contributed by atoms with van der Waals surface area (Å²) >= 11 is 1.28. The van der Waals surface area contributed by atoms with Crippen LogP contribution in [0.4, 0.5) is 0 Å². The summed E-state index contributed by atoms with van der Waals surface area (Å²) in [4.78, 5) is 30.3. The molecule has 0 saturated carbocycles. The predicted octanol–water partition coefficient (Wildman–Crippen LogP) is 2.70. The molecule has 0 saturated heterocycles. The van der Waals surface area contributed by atoms with Crippen LogP contribution in [0.2, 0.25) is 0 Å². The Morgan fingerprint density at radius 3 is 2.92 bits per heavy atom. The average Bonchev–Trinajstić information content (AvgIpc) is 2.91. The minimum Gasteiger partial charge on any atom is -0.461 e. The van der Waals surface area contributed by atoms with E-state index in [1.807, 2.05) is 6.07 Å². The van der Waals surface area contributed by atoms with E-state index in [2.05, 4.69) is 11.1 Å². The second kappa shape index (κ2) is 6.87. The first-order valence-electron chi connectivity index (χ1n) is 7.71. The largest absolute Gasteiger partial charge is 0.461 e. The summed E-state index contributed by atoms with van der Waals surface area (Å²) in [7, 11) is 0. The van der Waals surface area contributed by atoms with Crippen molar-refractivity contribution in [3.8, 4) is 6.07 Å². The zero-order valence-corrected chi connectivity index (χ0v) is 14.6. The van der Waals surface area contributed by atoms with Gasteiger partial charge in [-0.2, -0.15) is 5.26 Å². The summed E-state index contributed by atoms with van der Waals surface area (Å²) in [6.07, 6.45) is 0.437. The number of hydrogen-bond donors (Lipinski definition) is 0. The Balaban J connectivity index is 2.04. The first-order chi connectivity index (χ1) is 12.0. The summed E-state index contributed by atoms with van der Waals surface area (Å²) in [5, 5.41) is 8.98. The number of carbonyl (C=O) groups excluding carboxylic acids is 1. The standard InChI is InChI=1S/C18H15N3O3S/c1-3-24-17(23)16-11(2)25-18-20-14(9-15(22)21(16)18)8-12-5-4-6-13(7-12)10-19/h4-7,9H,3,8H2,1-2H3. The molecule has 7 heteroatoms. The lowest BCUT2D eigenvalue weighted by atomic mass is 10.1. The number of rotatable bonds is 4. The number of carbonyl (C=O) groups is 1. The highest BCUT2D eigenvalue weighted by molar-refractivity contribution is 7.17. The van der Waals surface area contributed by atoms with Crippen LogP contribution in [0.5, 0.6) is 0 Å². The molecule has 0 aliphatic heterocycles. The Morgan fingerprint density at radius 1 is 1.40 bits per heavy atom. The molecule has 0 bridgehead atoms. The predicted molar refractivity (Wildman–Crippen MR) is 94.0 cm³/mol. The lowest BCUT2D eigenvalue weighted by Crippen LogP contribution is -2.20. The maximum Gasteiger partial charge on any atom is 0.356 e. The highest BCUT2D eigenvalue weighted by Crippen LogP contribution is 2.21. The molecule has 0 amide bonds. The van der Waals surface area contributed by atoms with Gasteiger partial charge in [0.05, 0.1) is 23.9 Å². The first-order valence-corrected chi connectivity index (χ1v) is 8.53. The molecular weight excluding hydrogens is 338 g/mol. The molecular formula is C18H15N3O3S. The molecule has 25 heavy (non-hydrogen) atoms. The Labute approximate surface area is 147 Å². The van der Waals surface area contributed by atoms with Crippen LogP contribution in [0.15, 0.2) is 35.1 Å². The van der Waals surface area contributed by atoms with E-state index in [9.17, 15) is 9.59 Å². The number of aromatic nitrogens is 2. The van der Waals surface area contributed by atoms with Crippen molar-refractivity contribution < 1.29 is 9.53 Å². The second-order valence-corrected chi connectivity index (χ2v) is 6.60. The Hall–Kier alpha value is -2.98. The van der Waals surface area contributed by atoms with Gasteiger partial charge in [0.25, 0.3) is 5.56 Å². The summed E-state index contributed by atoms with van der Waals surface area (Å²) in [6, 6.07) is 10.7. The Kier molecular flexibility index (Phi) is 4.63. The third kappa shape index (κ3) is 3.30. The van der Waals surface area contributed by atoms with Gasteiger partial charge in [0.2, 0.25) is 0 Å². The van der Waals surface area contributed by atoms with Crippen LogP contribution in [0.1, 0.15) is 39.1 Å². The molecule has 6 nitrogen and oxygen atoms in total. The van der Waals surface area contributed by atoms with E-state index in [1.54, 1.807) is 32.0 Å². The molecule has 0 aliphatic carbocycles. The van der Waals surface area contributed by atoms with Gasteiger partial charge in [0.15, 0.2) is 4.96 Å². The number of benzene rings is 1. The van der Waals surface area contributed by atoms with E-state index in [0.717, 1.165) is 5.56 Å². The average molecular weight is 353 g/mol. The normalized spacial score (nSPS) is 10.6. The molecule has 0 aliphatic rings. The van der Waals surface area contributed by atoms with Gasteiger partial charge in [0, 0.05) is 17.4 Å². The maximum absolute atomic E-state index is 12.5. The minimum absolute atomic E-state index is 0.234. The molecule has 0 fully saturated rings. The van der Waals surface area contributed by atoms with Crippen LogP contribution < -0.4 is 5.56 Å². The molecule has 1 aromatic carbocycles. The highest BCUT2D eigenvalue weighted by Gasteiger charge is 2.20. The van der Waals surface area contributed by atoms with Crippen molar-refractivity contribution >= 4 is 22.3 Å². The topological polar surface area (TPSA) is 84.5 Å². The third-order valence-corrected chi connectivity index (χ3v) is 4.61. The number of hydrogen-bond acceptors (Lipinski definition) is 6. The molecule has 126 valence electrons. The first kappa shape index (κ1) is 16.9. The van der Waals surface area contributed by atoms with Crippen LogP contribution in [0.3, 0.4) is 0 Å². The number of nitrogens with zero attached hydrogens (tertiary/aromatic N) is 3. The number of esters is 1. The molecule has 0 N–H and O–H groups in total. The van der Waals surface area contributed by atoms with Crippen molar-refractivity contribution in [2.75, 3.05) is 6.61 Å². The van der Waals surface area contributed by atoms with Crippen LogP contribution in [0.25, 0.3) is 4.96 Å². The van der Waals surface area contributed by atoms with E-state index in [-0.39, 0.29) is 17.9 Å². The SMILES string of the molecule is CCOC(=O)c1c(C)sc2nc(Cc3cccc(C#N)c3)cc(=O)n12. The fraction of sp³-hybridized carbons (Fsp3) is 0.222. The second-order valence-electron chi connectivity index (χ2n) is 5.42. The molecule has 3 aromatic rings. The molecule has 0 unspecified atom stereocenters. The number of thiazole rings is 1. The fourth-order valence-corrected chi connectivity index (χ4v) is 3.59. The quantitative estimate of drug-likeness (QED) is 0.673. The van der Waals surface area contributed by atoms with Crippen molar-refractivity contribution in [3.63, 3.8) is 0 Å². The van der Waals surface area contributed by atoms with Crippen LogP contribution >= 0.6 is 11.3 Å². The van der Waals surface area contributed by atoms with Gasteiger partial charge in [-0.3, -0.25) is 4.79 Å². The summed E-state index contributed by atoms with van der Waals surface area (Å²) < 4.78 is 6.33. The minimum atomic E-state index is -0.523. The smallest absolute Gasteiger partial charge is 0.356 e. The summed E-state index contributed by atoms with van der Waals surface area (Å²) in [5.41, 5.74) is 1.97.